The van der Waals surface area contributed by atoms with Gasteiger partial charge in [-0.3, -0.25) is 9.52 Å². The van der Waals surface area contributed by atoms with Crippen molar-refractivity contribution in [1.82, 2.24) is 0 Å². The molecule has 2 N–H and O–H groups in total. The van der Waals surface area contributed by atoms with E-state index in [1.54, 1.807) is 49.4 Å². The van der Waals surface area contributed by atoms with Crippen LogP contribution in [-0.2, 0) is 14.8 Å². The number of nitrogens with one attached hydrogen (secondary N) is 2. The molecule has 0 saturated heterocycles. The summed E-state index contributed by atoms with van der Waals surface area (Å²) in [6.07, 6.45) is -0.708. The second kappa shape index (κ2) is 8.79. The van der Waals surface area contributed by atoms with E-state index in [9.17, 15) is 13.2 Å². The van der Waals surface area contributed by atoms with Crippen molar-refractivity contribution in [1.29, 1.82) is 0 Å². The number of anilines is 2. The maximum absolute atomic E-state index is 12.5. The number of sulfonamides is 1. The molecule has 7 heteroatoms. The normalized spacial score (nSPS) is 12.1. The fraction of sp³-hybridized carbons (Fsp3) is 0.136. The Morgan fingerprint density at radius 1 is 0.862 bits per heavy atom. The largest absolute Gasteiger partial charge is 0.481 e. The number of carbonyl (C=O) groups is 1. The van der Waals surface area contributed by atoms with Crippen LogP contribution in [0, 0.1) is 6.92 Å². The minimum atomic E-state index is -3.71. The van der Waals surface area contributed by atoms with Crippen molar-refractivity contribution in [2.75, 3.05) is 10.0 Å². The van der Waals surface area contributed by atoms with Gasteiger partial charge in [-0.1, -0.05) is 35.9 Å². The number of para-hydroxylation sites is 1. The van der Waals surface area contributed by atoms with Crippen molar-refractivity contribution in [3.05, 3.63) is 84.4 Å². The van der Waals surface area contributed by atoms with Crippen molar-refractivity contribution in [2.24, 2.45) is 0 Å². The van der Waals surface area contributed by atoms with Gasteiger partial charge in [-0.15, -0.1) is 0 Å². The number of hydrogen-bond acceptors (Lipinski definition) is 4. The molecule has 3 rings (SSSR count). The number of ether oxygens (including phenoxy) is 1. The van der Waals surface area contributed by atoms with Gasteiger partial charge in [0.25, 0.3) is 15.9 Å². The number of hydrogen-bond donors (Lipinski definition) is 2. The second-order valence-corrected chi connectivity index (χ2v) is 8.24. The van der Waals surface area contributed by atoms with Gasteiger partial charge >= 0.3 is 0 Å². The third-order valence-electron chi connectivity index (χ3n) is 4.16. The Labute approximate surface area is 170 Å². The molecule has 0 spiro atoms. The average molecular weight is 410 g/mol. The molecule has 150 valence electrons. The van der Waals surface area contributed by atoms with Gasteiger partial charge in [0.15, 0.2) is 6.10 Å². The summed E-state index contributed by atoms with van der Waals surface area (Å²) in [4.78, 5) is 12.4. The molecule has 0 radical (unpaired) electrons. The van der Waals surface area contributed by atoms with Crippen molar-refractivity contribution in [2.45, 2.75) is 24.8 Å². The zero-order valence-corrected chi connectivity index (χ0v) is 16.9. The number of carbonyl (C=O) groups excluding carboxylic acids is 1. The van der Waals surface area contributed by atoms with Crippen molar-refractivity contribution < 1.29 is 17.9 Å². The van der Waals surface area contributed by atoms with Gasteiger partial charge in [0.1, 0.15) is 5.75 Å². The smallest absolute Gasteiger partial charge is 0.265 e. The van der Waals surface area contributed by atoms with E-state index >= 15 is 0 Å². The summed E-state index contributed by atoms with van der Waals surface area (Å²) in [6, 6.07) is 22.0. The highest BCUT2D eigenvalue weighted by atomic mass is 32.2. The number of benzene rings is 3. The Hall–Kier alpha value is -3.32. The van der Waals surface area contributed by atoms with E-state index in [-0.39, 0.29) is 10.8 Å². The standard InChI is InChI=1S/C22H22N2O4S/c1-16-8-12-20(13-9-16)28-17(2)22(25)23-18-10-14-21(15-11-18)29(26,27)24-19-6-4-3-5-7-19/h3-15,17,24H,1-2H3,(H,23,25)/t17-/m1/s1. The molecule has 0 saturated carbocycles. The SMILES string of the molecule is Cc1ccc(O[C@H](C)C(=O)Nc2ccc(S(=O)(=O)Nc3ccccc3)cc2)cc1. The highest BCUT2D eigenvalue weighted by molar-refractivity contribution is 7.92. The first-order valence-corrected chi connectivity index (χ1v) is 10.5. The highest BCUT2D eigenvalue weighted by Crippen LogP contribution is 2.19. The molecule has 0 heterocycles. The first-order valence-electron chi connectivity index (χ1n) is 9.05. The molecule has 3 aromatic carbocycles. The summed E-state index contributed by atoms with van der Waals surface area (Å²) >= 11 is 0. The lowest BCUT2D eigenvalue weighted by molar-refractivity contribution is -0.122. The third-order valence-corrected chi connectivity index (χ3v) is 5.56. The molecule has 29 heavy (non-hydrogen) atoms. The van der Waals surface area contributed by atoms with Crippen LogP contribution in [-0.4, -0.2) is 20.4 Å². The molecule has 3 aromatic rings. The lowest BCUT2D eigenvalue weighted by Crippen LogP contribution is -2.30. The zero-order valence-electron chi connectivity index (χ0n) is 16.1. The van der Waals surface area contributed by atoms with Gasteiger partial charge in [0.2, 0.25) is 0 Å². The average Bonchev–Trinajstić information content (AvgIpc) is 2.70. The van der Waals surface area contributed by atoms with E-state index in [1.807, 2.05) is 19.1 Å². The Balaban J connectivity index is 1.62. The van der Waals surface area contributed by atoms with Crippen LogP contribution in [0.4, 0.5) is 11.4 Å². The quantitative estimate of drug-likeness (QED) is 0.611. The van der Waals surface area contributed by atoms with Crippen LogP contribution in [0.1, 0.15) is 12.5 Å². The number of aryl methyl sites for hydroxylation is 1. The minimum absolute atomic E-state index is 0.100. The van der Waals surface area contributed by atoms with Gasteiger partial charge in [0, 0.05) is 11.4 Å². The summed E-state index contributed by atoms with van der Waals surface area (Å²) in [5, 5.41) is 2.72. The molecular weight excluding hydrogens is 388 g/mol. The molecule has 0 bridgehead atoms. The van der Waals surface area contributed by atoms with E-state index < -0.39 is 16.1 Å². The monoisotopic (exact) mass is 410 g/mol. The maximum Gasteiger partial charge on any atom is 0.265 e. The van der Waals surface area contributed by atoms with Gasteiger partial charge in [0.05, 0.1) is 4.90 Å². The lowest BCUT2D eigenvalue weighted by atomic mass is 10.2. The molecule has 1 atom stereocenters. The van der Waals surface area contributed by atoms with Gasteiger partial charge in [-0.25, -0.2) is 8.42 Å². The molecule has 0 aliphatic rings. The van der Waals surface area contributed by atoms with E-state index in [1.165, 1.54) is 24.3 Å². The van der Waals surface area contributed by atoms with Crippen LogP contribution >= 0.6 is 0 Å². The number of rotatable bonds is 7. The zero-order chi connectivity index (χ0) is 20.9. The van der Waals surface area contributed by atoms with E-state index in [2.05, 4.69) is 10.0 Å². The Bertz CT molecular complexity index is 1060. The first kappa shape index (κ1) is 20.4. The summed E-state index contributed by atoms with van der Waals surface area (Å²) in [5.74, 6) is 0.273. The predicted molar refractivity (Wildman–Crippen MR) is 114 cm³/mol. The summed E-state index contributed by atoms with van der Waals surface area (Å²) in [5.41, 5.74) is 2.06. The summed E-state index contributed by atoms with van der Waals surface area (Å²) in [7, 11) is -3.71. The van der Waals surface area contributed by atoms with Gasteiger partial charge in [-0.2, -0.15) is 0 Å². The van der Waals surface area contributed by atoms with Crippen molar-refractivity contribution >= 4 is 27.3 Å². The Kier molecular flexibility index (Phi) is 6.19. The molecule has 0 unspecified atom stereocenters. The van der Waals surface area contributed by atoms with E-state index in [4.69, 9.17) is 4.74 Å². The topological polar surface area (TPSA) is 84.5 Å². The lowest BCUT2D eigenvalue weighted by Gasteiger charge is -2.15. The van der Waals surface area contributed by atoms with Crippen LogP contribution in [0.3, 0.4) is 0 Å². The van der Waals surface area contributed by atoms with Crippen LogP contribution < -0.4 is 14.8 Å². The van der Waals surface area contributed by atoms with Crippen LogP contribution in [0.25, 0.3) is 0 Å². The van der Waals surface area contributed by atoms with Crippen molar-refractivity contribution in [3.8, 4) is 5.75 Å². The van der Waals surface area contributed by atoms with E-state index in [0.29, 0.717) is 17.1 Å². The fourth-order valence-corrected chi connectivity index (χ4v) is 3.61. The summed E-state index contributed by atoms with van der Waals surface area (Å²) < 4.78 is 33.0. The summed E-state index contributed by atoms with van der Waals surface area (Å²) in [6.45, 7) is 3.62. The fourth-order valence-electron chi connectivity index (χ4n) is 2.56. The predicted octanol–water partition coefficient (Wildman–Crippen LogP) is 4.20. The Morgan fingerprint density at radius 2 is 1.48 bits per heavy atom. The molecule has 0 aromatic heterocycles. The van der Waals surface area contributed by atoms with E-state index in [0.717, 1.165) is 5.56 Å². The molecule has 1 amide bonds. The molecule has 0 aliphatic heterocycles. The maximum atomic E-state index is 12.5. The van der Waals surface area contributed by atoms with Gasteiger partial charge < -0.3 is 10.1 Å². The van der Waals surface area contributed by atoms with Crippen LogP contribution in [0.2, 0.25) is 0 Å². The van der Waals surface area contributed by atoms with Crippen LogP contribution in [0.5, 0.6) is 5.75 Å². The van der Waals surface area contributed by atoms with Crippen LogP contribution in [0.15, 0.2) is 83.8 Å². The first-order chi connectivity index (χ1) is 13.8. The highest BCUT2D eigenvalue weighted by Gasteiger charge is 2.17. The molecule has 0 aliphatic carbocycles. The third kappa shape index (κ3) is 5.58. The second-order valence-electron chi connectivity index (χ2n) is 6.56. The van der Waals surface area contributed by atoms with Gasteiger partial charge in [-0.05, 0) is 62.4 Å². The molecule has 6 nitrogen and oxygen atoms in total. The minimum Gasteiger partial charge on any atom is -0.481 e. The molecular formula is C22H22N2O4S. The Morgan fingerprint density at radius 3 is 2.10 bits per heavy atom. The number of amides is 1. The van der Waals surface area contributed by atoms with Crippen molar-refractivity contribution in [3.63, 3.8) is 0 Å². The molecule has 0 fully saturated rings.